The predicted octanol–water partition coefficient (Wildman–Crippen LogP) is -1.97. The first-order valence-corrected chi connectivity index (χ1v) is 5.47. The van der Waals surface area contributed by atoms with Gasteiger partial charge in [-0.2, -0.15) is 0 Å². The van der Waals surface area contributed by atoms with Crippen molar-refractivity contribution in [3.8, 4) is 5.75 Å². The Kier molecular flexibility index (Phi) is 3.76. The fourth-order valence-corrected chi connectivity index (χ4v) is 2.98. The van der Waals surface area contributed by atoms with Crippen LogP contribution in [-0.2, 0) is 0 Å². The first-order valence-electron chi connectivity index (χ1n) is 3.76. The average Bonchev–Trinajstić information content (AvgIpc) is 2.43. The minimum Gasteiger partial charge on any atom is -1.00 e. The van der Waals surface area contributed by atoms with Crippen molar-refractivity contribution in [2.45, 2.75) is 6.92 Å². The van der Waals surface area contributed by atoms with E-state index in [0.717, 1.165) is 5.75 Å². The summed E-state index contributed by atoms with van der Waals surface area (Å²) in [5.74, 6) is 0.923. The van der Waals surface area contributed by atoms with Gasteiger partial charge in [0.1, 0.15) is 0 Å². The van der Waals surface area contributed by atoms with Gasteiger partial charge in [0.2, 0.25) is 0 Å². The molecule has 1 aromatic carbocycles. The first-order chi connectivity index (χ1) is 5.79. The molecule has 0 saturated heterocycles. The molecule has 0 aliphatic heterocycles. The molecule has 0 bridgehead atoms. The minimum atomic E-state index is 0. The van der Waals surface area contributed by atoms with Gasteiger partial charge in [0.05, 0.1) is 0 Å². The van der Waals surface area contributed by atoms with Gasteiger partial charge in [-0.3, -0.25) is 0 Å². The quantitative estimate of drug-likeness (QED) is 0.431. The molecular weight excluding hydrogens is 344 g/mol. The predicted molar refractivity (Wildman–Crippen MR) is 48.7 cm³/mol. The number of H-pyrrole nitrogens is 1. The van der Waals surface area contributed by atoms with Gasteiger partial charge in [0, 0.05) is 0 Å². The Balaban J connectivity index is 0.000000845. The Hall–Kier alpha value is -0.0605. The van der Waals surface area contributed by atoms with Crippen molar-refractivity contribution in [2.24, 2.45) is 0 Å². The molecule has 0 fully saturated rings. The molecule has 0 saturated carbocycles. The van der Waals surface area contributed by atoms with Crippen LogP contribution in [0.4, 0.5) is 0 Å². The molecule has 1 aromatic heterocycles. The number of ether oxygens (including phenoxy) is 1. The number of hydrogen-bond donors (Lipinski definition) is 0. The second-order valence-corrected chi connectivity index (χ2v) is 5.28. The second-order valence-electron chi connectivity index (χ2n) is 2.65. The number of aromatic amines is 1. The summed E-state index contributed by atoms with van der Waals surface area (Å²) >= 11 is 0.502. The molecule has 0 unspecified atom stereocenters. The molecule has 13 heavy (non-hydrogen) atoms. The molecule has 0 spiro atoms. The van der Waals surface area contributed by atoms with E-state index in [1.165, 1.54) is 14.3 Å². The van der Waals surface area contributed by atoms with Crippen LogP contribution in [0.25, 0.3) is 9.78 Å². The SMILES string of the molecule is COc1ccc2[se]c(C)[nH+]c2c1.[I-]. The van der Waals surface area contributed by atoms with Crippen molar-refractivity contribution in [1.29, 1.82) is 0 Å². The van der Waals surface area contributed by atoms with Gasteiger partial charge in [-0.05, 0) is 0 Å². The van der Waals surface area contributed by atoms with E-state index in [2.05, 4.69) is 18.0 Å². The van der Waals surface area contributed by atoms with Crippen LogP contribution in [-0.4, -0.2) is 21.6 Å². The van der Waals surface area contributed by atoms with Crippen molar-refractivity contribution < 1.29 is 33.7 Å². The summed E-state index contributed by atoms with van der Waals surface area (Å²) in [7, 11) is 1.69. The molecular formula is C9H10INOSe. The van der Waals surface area contributed by atoms with Gasteiger partial charge in [0.25, 0.3) is 0 Å². The Morgan fingerprint density at radius 2 is 2.15 bits per heavy atom. The molecule has 0 amide bonds. The largest absolute Gasteiger partial charge is 1.00 e. The van der Waals surface area contributed by atoms with E-state index in [-0.39, 0.29) is 24.0 Å². The molecule has 4 heteroatoms. The maximum absolute atomic E-state index is 5.13. The molecule has 1 heterocycles. The Morgan fingerprint density at radius 3 is 2.85 bits per heavy atom. The van der Waals surface area contributed by atoms with E-state index < -0.39 is 0 Å². The molecule has 1 N–H and O–H groups in total. The van der Waals surface area contributed by atoms with E-state index in [1.54, 1.807) is 7.11 Å². The summed E-state index contributed by atoms with van der Waals surface area (Å²) in [5.41, 5.74) is 1.21. The second kappa shape index (κ2) is 4.44. The standard InChI is InChI=1S/C9H9NOSe.HI/c1-6-10-8-5-7(11-2)3-4-9(8)12-6;/h3-5H,1-2H3;1H. The third-order valence-electron chi connectivity index (χ3n) is 1.76. The molecule has 0 aliphatic carbocycles. The van der Waals surface area contributed by atoms with Crippen molar-refractivity contribution >= 4 is 24.3 Å². The molecule has 70 valence electrons. The third kappa shape index (κ3) is 2.24. The van der Waals surface area contributed by atoms with Crippen LogP contribution in [0.2, 0.25) is 0 Å². The van der Waals surface area contributed by atoms with E-state index in [4.69, 9.17) is 4.74 Å². The zero-order valence-electron chi connectivity index (χ0n) is 7.43. The van der Waals surface area contributed by atoms with E-state index in [9.17, 15) is 0 Å². The van der Waals surface area contributed by atoms with Gasteiger partial charge in [-0.15, -0.1) is 0 Å². The molecule has 0 atom stereocenters. The normalized spacial score (nSPS) is 9.69. The molecule has 0 aliphatic rings. The first kappa shape index (κ1) is 11.0. The van der Waals surface area contributed by atoms with Crippen LogP contribution < -0.4 is 33.7 Å². The van der Waals surface area contributed by atoms with Crippen molar-refractivity contribution in [1.82, 2.24) is 0 Å². The average molecular weight is 354 g/mol. The number of rotatable bonds is 1. The summed E-state index contributed by atoms with van der Waals surface area (Å²) in [5, 5.41) is 0. The summed E-state index contributed by atoms with van der Waals surface area (Å²) in [6.07, 6.45) is 0. The molecule has 2 nitrogen and oxygen atoms in total. The Morgan fingerprint density at radius 1 is 1.38 bits per heavy atom. The maximum Gasteiger partial charge on any atom is -1.00 e. The van der Waals surface area contributed by atoms with Gasteiger partial charge in [-0.25, -0.2) is 0 Å². The topological polar surface area (TPSA) is 23.4 Å². The van der Waals surface area contributed by atoms with E-state index in [0.29, 0.717) is 14.5 Å². The zero-order chi connectivity index (χ0) is 8.55. The van der Waals surface area contributed by atoms with Crippen LogP contribution in [0.5, 0.6) is 5.75 Å². The molecule has 2 rings (SSSR count). The van der Waals surface area contributed by atoms with Crippen LogP contribution in [0.1, 0.15) is 4.57 Å². The number of nitrogens with one attached hydrogen (secondary N) is 1. The van der Waals surface area contributed by atoms with Crippen LogP contribution >= 0.6 is 0 Å². The smallest absolute Gasteiger partial charge is 1.00 e. The summed E-state index contributed by atoms with van der Waals surface area (Å²) in [6.45, 7) is 2.13. The number of halogens is 1. The molecule has 0 radical (unpaired) electrons. The maximum atomic E-state index is 5.13. The number of aryl methyl sites for hydroxylation is 1. The van der Waals surface area contributed by atoms with Crippen LogP contribution in [0.15, 0.2) is 18.2 Å². The van der Waals surface area contributed by atoms with Crippen LogP contribution in [0.3, 0.4) is 0 Å². The Bertz CT molecular complexity index is 413. The van der Waals surface area contributed by atoms with Gasteiger partial charge < -0.3 is 24.0 Å². The van der Waals surface area contributed by atoms with E-state index in [1.807, 2.05) is 12.1 Å². The van der Waals surface area contributed by atoms with Gasteiger partial charge in [-0.1, -0.05) is 0 Å². The van der Waals surface area contributed by atoms with Gasteiger partial charge in [0.15, 0.2) is 0 Å². The van der Waals surface area contributed by atoms with E-state index >= 15 is 0 Å². The molecule has 2 aromatic rings. The Labute approximate surface area is 100 Å². The van der Waals surface area contributed by atoms with Crippen molar-refractivity contribution in [2.75, 3.05) is 7.11 Å². The number of aromatic nitrogens is 1. The van der Waals surface area contributed by atoms with Crippen molar-refractivity contribution in [3.63, 3.8) is 0 Å². The number of hydrogen-bond acceptors (Lipinski definition) is 1. The summed E-state index contributed by atoms with van der Waals surface area (Å²) in [4.78, 5) is 3.34. The number of methoxy groups -OCH3 is 1. The summed E-state index contributed by atoms with van der Waals surface area (Å²) in [6, 6.07) is 6.20. The van der Waals surface area contributed by atoms with Crippen molar-refractivity contribution in [3.05, 3.63) is 22.8 Å². The third-order valence-corrected chi connectivity index (χ3v) is 3.83. The number of fused-ring (bicyclic) bond motifs is 1. The van der Waals surface area contributed by atoms with Crippen LogP contribution in [0, 0.1) is 6.92 Å². The van der Waals surface area contributed by atoms with Gasteiger partial charge >= 0.3 is 76.6 Å². The monoisotopic (exact) mass is 355 g/mol. The summed E-state index contributed by atoms with van der Waals surface area (Å²) < 4.78 is 7.92. The fourth-order valence-electron chi connectivity index (χ4n) is 1.20. The minimum absolute atomic E-state index is 0. The number of benzene rings is 1. The fraction of sp³-hybridized carbons (Fsp3) is 0.222. The zero-order valence-corrected chi connectivity index (χ0v) is 11.3.